The number of ether oxygens (including phenoxy) is 1. The molecule has 30 heavy (non-hydrogen) atoms. The fraction of sp³-hybridized carbons (Fsp3) is 0.261. The van der Waals surface area contributed by atoms with Crippen LogP contribution >= 0.6 is 27.5 Å². The van der Waals surface area contributed by atoms with Crippen LogP contribution in [0.15, 0.2) is 71.3 Å². The minimum atomic E-state index is -1.88. The van der Waals surface area contributed by atoms with Gasteiger partial charge >= 0.3 is 0 Å². The molecule has 3 aromatic rings. The van der Waals surface area contributed by atoms with E-state index in [4.69, 9.17) is 16.3 Å². The van der Waals surface area contributed by atoms with Crippen molar-refractivity contribution in [3.8, 4) is 5.75 Å². The summed E-state index contributed by atoms with van der Waals surface area (Å²) in [5, 5.41) is 34.1. The van der Waals surface area contributed by atoms with Crippen molar-refractivity contribution in [2.24, 2.45) is 5.92 Å². The Morgan fingerprint density at radius 1 is 1.10 bits per heavy atom. The average Bonchev–Trinajstić information content (AvgIpc) is 3.12. The lowest BCUT2D eigenvalue weighted by Crippen LogP contribution is -2.52. The first-order valence-electron chi connectivity index (χ1n) is 9.61. The summed E-state index contributed by atoms with van der Waals surface area (Å²) in [7, 11) is 0. The Kier molecular flexibility index (Phi) is 4.69. The topological polar surface area (TPSA) is 82.8 Å². The lowest BCUT2D eigenvalue weighted by molar-refractivity contribution is -0.154. The molecule has 5 nitrogen and oxygen atoms in total. The van der Waals surface area contributed by atoms with Gasteiger partial charge in [0.05, 0.1) is 11.1 Å². The standard InChI is InChI=1S/C23H19BrClNO4/c24-15-8-6-14(7-9-15)23-19(13-4-2-1-3-5-13)17(12-27)21(28)22(23,29)20-18(30-23)10-16(25)11-26-20/h1-11,17,19,21,27-29H,12H2/t17-,19-,21-,22?,23+/m1/s1. The largest absolute Gasteiger partial charge is 0.476 e. The van der Waals surface area contributed by atoms with Gasteiger partial charge in [0.1, 0.15) is 11.4 Å². The number of hydrogen-bond donors (Lipinski definition) is 3. The number of benzene rings is 2. The molecular formula is C23H19BrClNO4. The van der Waals surface area contributed by atoms with Crippen LogP contribution in [0.25, 0.3) is 0 Å². The van der Waals surface area contributed by atoms with Gasteiger partial charge in [-0.1, -0.05) is 70.0 Å². The molecule has 5 rings (SSSR count). The summed E-state index contributed by atoms with van der Waals surface area (Å²) in [4.78, 5) is 4.35. The van der Waals surface area contributed by atoms with E-state index < -0.39 is 29.1 Å². The number of aromatic nitrogens is 1. The van der Waals surface area contributed by atoms with E-state index in [2.05, 4.69) is 20.9 Å². The van der Waals surface area contributed by atoms with Gasteiger partial charge in [0.15, 0.2) is 11.2 Å². The summed E-state index contributed by atoms with van der Waals surface area (Å²) in [5.41, 5.74) is -1.55. The number of aliphatic hydroxyl groups excluding tert-OH is 2. The molecule has 2 aliphatic rings. The van der Waals surface area contributed by atoms with E-state index in [1.54, 1.807) is 6.07 Å². The summed E-state index contributed by atoms with van der Waals surface area (Å²) in [5.74, 6) is -0.895. The van der Waals surface area contributed by atoms with E-state index in [1.165, 1.54) is 6.20 Å². The lowest BCUT2D eigenvalue weighted by Gasteiger charge is -2.40. The monoisotopic (exact) mass is 487 g/mol. The molecule has 1 aliphatic carbocycles. The van der Waals surface area contributed by atoms with Gasteiger partial charge in [-0.25, -0.2) is 0 Å². The number of rotatable bonds is 3. The van der Waals surface area contributed by atoms with Crippen molar-refractivity contribution in [1.82, 2.24) is 4.98 Å². The Hall–Kier alpha value is -1.96. The predicted octanol–water partition coefficient (Wildman–Crippen LogP) is 3.74. The predicted molar refractivity (Wildman–Crippen MR) is 115 cm³/mol. The number of halogens is 2. The summed E-state index contributed by atoms with van der Waals surface area (Å²) in [6.45, 7) is -0.326. The van der Waals surface area contributed by atoms with E-state index in [1.807, 2.05) is 54.6 Å². The van der Waals surface area contributed by atoms with Crippen LogP contribution in [0.5, 0.6) is 5.75 Å². The van der Waals surface area contributed by atoms with Gasteiger partial charge in [-0.2, -0.15) is 0 Å². The average molecular weight is 489 g/mol. The van der Waals surface area contributed by atoms with Crippen LogP contribution < -0.4 is 4.74 Å². The molecule has 7 heteroatoms. The maximum absolute atomic E-state index is 12.1. The highest BCUT2D eigenvalue weighted by molar-refractivity contribution is 9.10. The minimum absolute atomic E-state index is 0.221. The highest BCUT2D eigenvalue weighted by Gasteiger charge is 2.76. The first-order chi connectivity index (χ1) is 14.4. The van der Waals surface area contributed by atoms with Crippen LogP contribution in [-0.2, 0) is 11.2 Å². The SMILES string of the molecule is OC[C@H]1[C@@H](O)C2(O)c3ncc(Cl)cc3O[C@@]2(c2ccc(Br)cc2)[C@@H]1c1ccccc1. The molecule has 2 aromatic carbocycles. The molecule has 0 radical (unpaired) electrons. The molecule has 5 atom stereocenters. The first kappa shape index (κ1) is 20.0. The zero-order valence-corrected chi connectivity index (χ0v) is 18.1. The molecule has 1 aromatic heterocycles. The molecule has 154 valence electrons. The quantitative estimate of drug-likeness (QED) is 0.523. The molecule has 2 heterocycles. The molecule has 0 bridgehead atoms. The second-order valence-corrected chi connectivity index (χ2v) is 9.14. The number of hydrogen-bond acceptors (Lipinski definition) is 5. The van der Waals surface area contributed by atoms with Gasteiger partial charge < -0.3 is 20.1 Å². The van der Waals surface area contributed by atoms with E-state index in [0.29, 0.717) is 16.3 Å². The van der Waals surface area contributed by atoms with Crippen LogP contribution in [0.3, 0.4) is 0 Å². The van der Waals surface area contributed by atoms with Crippen molar-refractivity contribution in [3.63, 3.8) is 0 Å². The van der Waals surface area contributed by atoms with Gasteiger partial charge in [0, 0.05) is 35.2 Å². The van der Waals surface area contributed by atoms with Crippen LogP contribution in [-0.4, -0.2) is 33.0 Å². The maximum Gasteiger partial charge on any atom is 0.181 e. The van der Waals surface area contributed by atoms with Crippen molar-refractivity contribution in [2.75, 3.05) is 6.61 Å². The minimum Gasteiger partial charge on any atom is -0.476 e. The van der Waals surface area contributed by atoms with E-state index in [9.17, 15) is 15.3 Å². The third-order valence-electron chi connectivity index (χ3n) is 6.36. The van der Waals surface area contributed by atoms with Crippen LogP contribution in [0.2, 0.25) is 5.02 Å². The zero-order chi connectivity index (χ0) is 21.1. The molecule has 0 saturated heterocycles. The molecule has 1 unspecified atom stereocenters. The summed E-state index contributed by atoms with van der Waals surface area (Å²) < 4.78 is 7.39. The van der Waals surface area contributed by atoms with E-state index in [-0.39, 0.29) is 12.3 Å². The van der Waals surface area contributed by atoms with Crippen molar-refractivity contribution in [2.45, 2.75) is 23.2 Å². The smallest absolute Gasteiger partial charge is 0.181 e. The second kappa shape index (κ2) is 7.04. The molecule has 3 N–H and O–H groups in total. The molecule has 0 amide bonds. The van der Waals surface area contributed by atoms with Crippen molar-refractivity contribution >= 4 is 27.5 Å². The fourth-order valence-corrected chi connectivity index (χ4v) is 5.58. The molecule has 1 aliphatic heterocycles. The molecule has 0 spiro atoms. The normalized spacial score (nSPS) is 31.8. The first-order valence-corrected chi connectivity index (χ1v) is 10.8. The number of aliphatic hydroxyl groups is 3. The second-order valence-electron chi connectivity index (χ2n) is 7.79. The summed E-state index contributed by atoms with van der Waals surface area (Å²) >= 11 is 9.60. The Morgan fingerprint density at radius 2 is 1.80 bits per heavy atom. The highest BCUT2D eigenvalue weighted by Crippen LogP contribution is 2.67. The fourth-order valence-electron chi connectivity index (χ4n) is 5.17. The maximum atomic E-state index is 12.1. The van der Waals surface area contributed by atoms with Crippen LogP contribution in [0, 0.1) is 5.92 Å². The number of pyridine rings is 1. The summed E-state index contributed by atoms with van der Waals surface area (Å²) in [6, 6.07) is 18.5. The Labute approximate surface area is 187 Å². The Bertz CT molecular complexity index is 1100. The van der Waals surface area contributed by atoms with Crippen LogP contribution in [0.4, 0.5) is 0 Å². The van der Waals surface area contributed by atoms with Gasteiger partial charge in [-0.05, 0) is 23.3 Å². The van der Waals surface area contributed by atoms with E-state index in [0.717, 1.165) is 10.0 Å². The molecular weight excluding hydrogens is 470 g/mol. The van der Waals surface area contributed by atoms with Crippen molar-refractivity contribution in [1.29, 1.82) is 0 Å². The van der Waals surface area contributed by atoms with Crippen molar-refractivity contribution < 1.29 is 20.1 Å². The van der Waals surface area contributed by atoms with Gasteiger partial charge in [-0.3, -0.25) is 4.98 Å². The zero-order valence-electron chi connectivity index (χ0n) is 15.7. The lowest BCUT2D eigenvalue weighted by atomic mass is 9.71. The Balaban J connectivity index is 1.85. The van der Waals surface area contributed by atoms with Gasteiger partial charge in [0.25, 0.3) is 0 Å². The third kappa shape index (κ3) is 2.49. The van der Waals surface area contributed by atoms with Crippen LogP contribution in [0.1, 0.15) is 22.7 Å². The summed E-state index contributed by atoms with van der Waals surface area (Å²) in [6.07, 6.45) is 0.113. The molecule has 1 fully saturated rings. The number of fused-ring (bicyclic) bond motifs is 3. The highest BCUT2D eigenvalue weighted by atomic mass is 79.9. The molecule has 1 saturated carbocycles. The number of nitrogens with zero attached hydrogens (tertiary/aromatic N) is 1. The van der Waals surface area contributed by atoms with E-state index >= 15 is 0 Å². The van der Waals surface area contributed by atoms with Gasteiger partial charge in [0.2, 0.25) is 0 Å². The van der Waals surface area contributed by atoms with Gasteiger partial charge in [-0.15, -0.1) is 0 Å². The third-order valence-corrected chi connectivity index (χ3v) is 7.10. The Morgan fingerprint density at radius 3 is 2.47 bits per heavy atom. The van der Waals surface area contributed by atoms with Crippen molar-refractivity contribution in [3.05, 3.63) is 93.2 Å².